The second-order valence-corrected chi connectivity index (χ2v) is 9.12. The number of pyridine rings is 1. The highest BCUT2D eigenvalue weighted by atomic mass is 32.1. The van der Waals surface area contributed by atoms with E-state index in [2.05, 4.69) is 27.1 Å². The van der Waals surface area contributed by atoms with Gasteiger partial charge in [0.05, 0.1) is 10.4 Å². The Hall–Kier alpha value is -3.45. The van der Waals surface area contributed by atoms with E-state index in [1.54, 1.807) is 19.3 Å². The van der Waals surface area contributed by atoms with Crippen molar-refractivity contribution in [3.63, 3.8) is 0 Å². The van der Waals surface area contributed by atoms with E-state index in [0.29, 0.717) is 23.8 Å². The zero-order valence-corrected chi connectivity index (χ0v) is 19.6. The second kappa shape index (κ2) is 10.4. The van der Waals surface area contributed by atoms with E-state index in [0.717, 1.165) is 38.9 Å². The zero-order valence-electron chi connectivity index (χ0n) is 18.8. The SMILES string of the molecule is CC(O)C#Cc1nc(NCC(N)Cc2ccc(C(F)(F)F)cc2)sc1-c1ccc2cnccc2c1. The van der Waals surface area contributed by atoms with Crippen molar-refractivity contribution in [1.82, 2.24) is 9.97 Å². The first-order chi connectivity index (χ1) is 16.7. The molecule has 2 heterocycles. The van der Waals surface area contributed by atoms with Crippen LogP contribution < -0.4 is 11.1 Å². The van der Waals surface area contributed by atoms with Crippen molar-refractivity contribution in [2.24, 2.45) is 5.73 Å². The molecule has 0 spiro atoms. The number of aromatic nitrogens is 2. The Labute approximate surface area is 204 Å². The molecule has 4 N–H and O–H groups in total. The van der Waals surface area contributed by atoms with Crippen LogP contribution in [0.25, 0.3) is 21.2 Å². The van der Waals surface area contributed by atoms with Gasteiger partial charge in [0.15, 0.2) is 5.13 Å². The minimum Gasteiger partial charge on any atom is -0.381 e. The van der Waals surface area contributed by atoms with Crippen molar-refractivity contribution in [3.05, 3.63) is 77.7 Å². The second-order valence-electron chi connectivity index (χ2n) is 8.12. The maximum atomic E-state index is 12.8. The fourth-order valence-corrected chi connectivity index (χ4v) is 4.42. The van der Waals surface area contributed by atoms with Crippen LogP contribution in [0.1, 0.15) is 23.7 Å². The number of aliphatic hydroxyl groups is 1. The number of fused-ring (bicyclic) bond motifs is 1. The lowest BCUT2D eigenvalue weighted by Crippen LogP contribution is -2.31. The summed E-state index contributed by atoms with van der Waals surface area (Å²) in [7, 11) is 0. The van der Waals surface area contributed by atoms with Gasteiger partial charge in [-0.05, 0) is 60.0 Å². The summed E-state index contributed by atoms with van der Waals surface area (Å²) in [6.07, 6.45) is -1.21. The molecule has 4 aromatic rings. The Morgan fingerprint density at radius 3 is 2.60 bits per heavy atom. The van der Waals surface area contributed by atoms with Crippen molar-refractivity contribution >= 4 is 27.2 Å². The van der Waals surface area contributed by atoms with Crippen molar-refractivity contribution in [3.8, 4) is 22.3 Å². The molecule has 0 aliphatic heterocycles. The average Bonchev–Trinajstić information content (AvgIpc) is 3.24. The highest BCUT2D eigenvalue weighted by Gasteiger charge is 2.30. The molecule has 0 aliphatic rings. The molecule has 180 valence electrons. The smallest absolute Gasteiger partial charge is 0.381 e. The number of aliphatic hydroxyl groups excluding tert-OH is 1. The standard InChI is InChI=1S/C26H23F3N4OS/c1-16(34)2-9-23-24(19-5-6-20-14-31-11-10-18(20)13-19)35-25(33-23)32-15-22(30)12-17-3-7-21(8-4-17)26(27,28)29/h3-8,10-11,13-14,16,22,34H,12,15,30H2,1H3,(H,32,33). The van der Waals surface area contributed by atoms with Crippen LogP contribution in [-0.4, -0.2) is 33.8 Å². The van der Waals surface area contributed by atoms with Crippen LogP contribution in [0.3, 0.4) is 0 Å². The largest absolute Gasteiger partial charge is 0.416 e. The van der Waals surface area contributed by atoms with Gasteiger partial charge in [-0.2, -0.15) is 13.2 Å². The number of thiazole rings is 1. The zero-order chi connectivity index (χ0) is 25.0. The van der Waals surface area contributed by atoms with Crippen LogP contribution >= 0.6 is 11.3 Å². The minimum absolute atomic E-state index is 0.334. The van der Waals surface area contributed by atoms with Crippen molar-refractivity contribution < 1.29 is 18.3 Å². The van der Waals surface area contributed by atoms with E-state index < -0.39 is 17.8 Å². The third kappa shape index (κ3) is 6.36. The molecule has 0 saturated heterocycles. The molecule has 0 saturated carbocycles. The molecule has 2 unspecified atom stereocenters. The monoisotopic (exact) mass is 496 g/mol. The van der Waals surface area contributed by atoms with Gasteiger partial charge in [0.1, 0.15) is 11.8 Å². The van der Waals surface area contributed by atoms with Gasteiger partial charge >= 0.3 is 6.18 Å². The molecule has 2 atom stereocenters. The first-order valence-corrected chi connectivity index (χ1v) is 11.7. The Kier molecular flexibility index (Phi) is 7.36. The lowest BCUT2D eigenvalue weighted by molar-refractivity contribution is -0.137. The number of nitrogens with one attached hydrogen (secondary N) is 1. The van der Waals surface area contributed by atoms with E-state index in [9.17, 15) is 18.3 Å². The van der Waals surface area contributed by atoms with Gasteiger partial charge in [0.2, 0.25) is 0 Å². The van der Waals surface area contributed by atoms with Gasteiger partial charge in [-0.3, -0.25) is 4.98 Å². The Morgan fingerprint density at radius 2 is 1.89 bits per heavy atom. The molecular formula is C26H23F3N4OS. The number of alkyl halides is 3. The summed E-state index contributed by atoms with van der Waals surface area (Å²) in [5, 5.41) is 15.5. The molecule has 0 aliphatic carbocycles. The normalized spacial score (nSPS) is 13.2. The summed E-state index contributed by atoms with van der Waals surface area (Å²) in [5.41, 5.74) is 7.75. The predicted octanol–water partition coefficient (Wildman–Crippen LogP) is 5.09. The van der Waals surface area contributed by atoms with Crippen LogP contribution in [0.5, 0.6) is 0 Å². The van der Waals surface area contributed by atoms with Crippen molar-refractivity contribution in [2.45, 2.75) is 31.7 Å². The molecule has 35 heavy (non-hydrogen) atoms. The average molecular weight is 497 g/mol. The number of hydrogen-bond acceptors (Lipinski definition) is 6. The third-order valence-corrected chi connectivity index (χ3v) is 6.29. The number of benzene rings is 2. The van der Waals surface area contributed by atoms with Gasteiger partial charge in [0.25, 0.3) is 0 Å². The summed E-state index contributed by atoms with van der Waals surface area (Å²) < 4.78 is 38.3. The van der Waals surface area contributed by atoms with Crippen molar-refractivity contribution in [1.29, 1.82) is 0 Å². The fourth-order valence-electron chi connectivity index (χ4n) is 3.50. The predicted molar refractivity (Wildman–Crippen MR) is 133 cm³/mol. The third-order valence-electron chi connectivity index (χ3n) is 5.22. The van der Waals surface area contributed by atoms with Crippen LogP contribution in [0.2, 0.25) is 0 Å². The van der Waals surface area contributed by atoms with Gasteiger partial charge in [0, 0.05) is 30.4 Å². The van der Waals surface area contributed by atoms with Crippen LogP contribution in [0.4, 0.5) is 18.3 Å². The summed E-state index contributed by atoms with van der Waals surface area (Å²) in [6, 6.07) is 12.6. The molecule has 0 fully saturated rings. The van der Waals surface area contributed by atoms with Crippen molar-refractivity contribution in [2.75, 3.05) is 11.9 Å². The van der Waals surface area contributed by atoms with Gasteiger partial charge < -0.3 is 16.2 Å². The van der Waals surface area contributed by atoms with Crippen LogP contribution in [0, 0.1) is 11.8 Å². The molecule has 0 bridgehead atoms. The summed E-state index contributed by atoms with van der Waals surface area (Å²) in [5.74, 6) is 5.69. The molecule has 5 nitrogen and oxygen atoms in total. The van der Waals surface area contributed by atoms with Crippen LogP contribution in [-0.2, 0) is 12.6 Å². The minimum atomic E-state index is -4.36. The van der Waals surface area contributed by atoms with Gasteiger partial charge in [-0.25, -0.2) is 4.98 Å². The van der Waals surface area contributed by atoms with E-state index in [1.807, 2.05) is 24.3 Å². The quantitative estimate of drug-likeness (QED) is 0.324. The Morgan fingerprint density at radius 1 is 1.11 bits per heavy atom. The van der Waals surface area contributed by atoms with E-state index in [1.165, 1.54) is 23.5 Å². The number of halogens is 3. The topological polar surface area (TPSA) is 84.1 Å². The molecule has 9 heteroatoms. The molecular weight excluding hydrogens is 473 g/mol. The van der Waals surface area contributed by atoms with Gasteiger partial charge in [-0.15, -0.1) is 0 Å². The summed E-state index contributed by atoms with van der Waals surface area (Å²) in [4.78, 5) is 9.58. The molecule has 4 rings (SSSR count). The first-order valence-electron chi connectivity index (χ1n) is 10.9. The molecule has 2 aromatic carbocycles. The molecule has 2 aromatic heterocycles. The molecule has 0 amide bonds. The van der Waals surface area contributed by atoms with Gasteiger partial charge in [-0.1, -0.05) is 41.5 Å². The highest BCUT2D eigenvalue weighted by molar-refractivity contribution is 7.19. The molecule has 0 radical (unpaired) electrons. The Bertz CT molecular complexity index is 1370. The summed E-state index contributed by atoms with van der Waals surface area (Å²) in [6.45, 7) is 1.96. The van der Waals surface area contributed by atoms with E-state index in [-0.39, 0.29) is 6.04 Å². The number of nitrogens with two attached hydrogens (primary N) is 1. The highest BCUT2D eigenvalue weighted by Crippen LogP contribution is 2.34. The maximum absolute atomic E-state index is 12.8. The first kappa shape index (κ1) is 24.7. The number of anilines is 1. The van der Waals surface area contributed by atoms with E-state index >= 15 is 0 Å². The Balaban J connectivity index is 1.50. The summed E-state index contributed by atoms with van der Waals surface area (Å²) >= 11 is 1.42. The lowest BCUT2D eigenvalue weighted by Gasteiger charge is -2.13. The number of hydrogen-bond donors (Lipinski definition) is 3. The number of nitrogens with zero attached hydrogens (tertiary/aromatic N) is 2. The fraction of sp³-hybridized carbons (Fsp3) is 0.231. The maximum Gasteiger partial charge on any atom is 0.416 e. The number of rotatable bonds is 6. The lowest BCUT2D eigenvalue weighted by atomic mass is 10.0. The van der Waals surface area contributed by atoms with E-state index in [4.69, 9.17) is 5.73 Å². The van der Waals surface area contributed by atoms with Crippen LogP contribution in [0.15, 0.2) is 60.9 Å².